The number of piperidine rings is 1. The van der Waals surface area contributed by atoms with Gasteiger partial charge in [-0.05, 0) is 68.5 Å². The quantitative estimate of drug-likeness (QED) is 0.316. The molecule has 0 bridgehead atoms. The summed E-state index contributed by atoms with van der Waals surface area (Å²) in [5.74, 6) is -2.52. The summed E-state index contributed by atoms with van der Waals surface area (Å²) in [6, 6.07) is 16.7. The van der Waals surface area contributed by atoms with Gasteiger partial charge in [0.15, 0.2) is 0 Å². The van der Waals surface area contributed by atoms with Crippen LogP contribution in [0.15, 0.2) is 73.1 Å². The minimum Gasteiger partial charge on any atom is -0.480 e. The van der Waals surface area contributed by atoms with Crippen LogP contribution in [0.4, 0.5) is 14.5 Å². The fraction of sp³-hybridized carbons (Fsp3) is 0.344. The molecule has 42 heavy (non-hydrogen) atoms. The zero-order chi connectivity index (χ0) is 29.4. The van der Waals surface area contributed by atoms with Gasteiger partial charge in [0.25, 0.3) is 5.91 Å². The van der Waals surface area contributed by atoms with Crippen LogP contribution in [-0.4, -0.2) is 56.2 Å². The fourth-order valence-electron chi connectivity index (χ4n) is 6.48. The lowest BCUT2D eigenvalue weighted by molar-refractivity contribution is -0.147. The Labute approximate surface area is 242 Å². The number of aromatic nitrogens is 2. The fourth-order valence-corrected chi connectivity index (χ4v) is 6.48. The maximum absolute atomic E-state index is 14.7. The van der Waals surface area contributed by atoms with E-state index in [4.69, 9.17) is 0 Å². The predicted octanol–water partition coefficient (Wildman–Crippen LogP) is 5.19. The molecule has 2 fully saturated rings. The number of pyridine rings is 1. The normalized spacial score (nSPS) is 22.9. The number of hydrogen-bond acceptors (Lipinski definition) is 5. The van der Waals surface area contributed by atoms with Gasteiger partial charge in [-0.1, -0.05) is 30.3 Å². The van der Waals surface area contributed by atoms with Gasteiger partial charge in [0.1, 0.15) is 17.2 Å². The van der Waals surface area contributed by atoms with E-state index in [1.165, 1.54) is 12.3 Å². The first-order valence-corrected chi connectivity index (χ1v) is 14.3. The third kappa shape index (κ3) is 5.22. The summed E-state index contributed by atoms with van der Waals surface area (Å²) in [5, 5.41) is 17.5. The average molecular weight is 574 g/mol. The maximum Gasteiger partial charge on any atom is 0.329 e. The van der Waals surface area contributed by atoms with Gasteiger partial charge in [0.05, 0.1) is 23.3 Å². The molecule has 4 aromatic rings. The predicted molar refractivity (Wildman–Crippen MR) is 154 cm³/mol. The van der Waals surface area contributed by atoms with Gasteiger partial charge in [-0.3, -0.25) is 9.69 Å². The van der Waals surface area contributed by atoms with Crippen molar-refractivity contribution in [3.05, 3.63) is 101 Å². The number of benzene rings is 2. The molecule has 0 radical (unpaired) electrons. The van der Waals surface area contributed by atoms with Crippen molar-refractivity contribution in [3.63, 3.8) is 0 Å². The second kappa shape index (κ2) is 11.2. The molecule has 0 aliphatic carbocycles. The molecule has 2 saturated heterocycles. The number of carboxylic acid groups (broad SMARTS) is 1. The van der Waals surface area contributed by atoms with Crippen LogP contribution in [0, 0.1) is 11.6 Å². The molecule has 218 valence electrons. The highest BCUT2D eigenvalue weighted by molar-refractivity contribution is 6.03. The molecule has 4 heterocycles. The summed E-state index contributed by atoms with van der Waals surface area (Å²) >= 11 is 0. The molecule has 2 aromatic heterocycles. The average Bonchev–Trinajstić information content (AvgIpc) is 3.63. The number of hydrogen-bond donors (Lipinski definition) is 2. The van der Waals surface area contributed by atoms with Crippen molar-refractivity contribution in [2.24, 2.45) is 0 Å². The van der Waals surface area contributed by atoms with E-state index in [-0.39, 0.29) is 30.5 Å². The Kier molecular flexibility index (Phi) is 7.40. The first kappa shape index (κ1) is 27.8. The first-order valence-electron chi connectivity index (χ1n) is 14.3. The molecule has 8 nitrogen and oxygen atoms in total. The topological polar surface area (TPSA) is 90.2 Å². The highest BCUT2D eigenvalue weighted by Crippen LogP contribution is 2.38. The van der Waals surface area contributed by atoms with Crippen LogP contribution in [0.3, 0.4) is 0 Å². The van der Waals surface area contributed by atoms with Crippen molar-refractivity contribution in [1.29, 1.82) is 0 Å². The number of nitrogens with one attached hydrogen (secondary N) is 1. The van der Waals surface area contributed by atoms with Gasteiger partial charge >= 0.3 is 5.97 Å². The summed E-state index contributed by atoms with van der Waals surface area (Å²) in [6.45, 7) is 3.86. The van der Waals surface area contributed by atoms with Gasteiger partial charge in [-0.2, -0.15) is 5.10 Å². The number of carboxylic acids is 1. The van der Waals surface area contributed by atoms with Crippen LogP contribution in [0.5, 0.6) is 0 Å². The number of nitrogens with zero attached hydrogens (tertiary/aromatic N) is 4. The van der Waals surface area contributed by atoms with E-state index in [1.54, 1.807) is 16.8 Å². The molecular weight excluding hydrogens is 540 g/mol. The molecule has 0 spiro atoms. The van der Waals surface area contributed by atoms with Crippen molar-refractivity contribution in [3.8, 4) is 0 Å². The molecule has 2 N–H and O–H groups in total. The highest BCUT2D eigenvalue weighted by atomic mass is 19.1. The summed E-state index contributed by atoms with van der Waals surface area (Å²) in [5.41, 5.74) is 1.55. The van der Waals surface area contributed by atoms with Crippen LogP contribution in [0.2, 0.25) is 0 Å². The Morgan fingerprint density at radius 1 is 1.10 bits per heavy atom. The minimum atomic E-state index is -1.41. The molecule has 2 unspecified atom stereocenters. The second-order valence-electron chi connectivity index (χ2n) is 11.4. The number of aliphatic carboxylic acids is 1. The lowest BCUT2D eigenvalue weighted by Gasteiger charge is -2.43. The largest absolute Gasteiger partial charge is 0.480 e. The second-order valence-corrected chi connectivity index (χ2v) is 11.4. The van der Waals surface area contributed by atoms with Gasteiger partial charge in [0.2, 0.25) is 0 Å². The van der Waals surface area contributed by atoms with E-state index in [2.05, 4.69) is 15.3 Å². The van der Waals surface area contributed by atoms with E-state index in [0.29, 0.717) is 37.1 Å². The van der Waals surface area contributed by atoms with E-state index in [9.17, 15) is 23.5 Å². The van der Waals surface area contributed by atoms with Crippen LogP contribution in [0.25, 0.3) is 5.52 Å². The number of carbonyl (C=O) groups is 2. The zero-order valence-corrected chi connectivity index (χ0v) is 23.3. The van der Waals surface area contributed by atoms with Crippen molar-refractivity contribution >= 4 is 23.1 Å². The van der Waals surface area contributed by atoms with Gasteiger partial charge in [-0.15, -0.1) is 0 Å². The number of rotatable bonds is 7. The maximum atomic E-state index is 14.7. The SMILES string of the molecule is C[C@@H]1CC(NC(=O)c2cnn3ccc(N4CCCC4c4cc(F)ccc4F)cc23)(C(=O)O)CCN1Cc1ccccc1. The van der Waals surface area contributed by atoms with E-state index in [0.717, 1.165) is 29.8 Å². The first-order chi connectivity index (χ1) is 20.2. The monoisotopic (exact) mass is 573 g/mol. The minimum absolute atomic E-state index is 0.0683. The van der Waals surface area contributed by atoms with Crippen LogP contribution in [-0.2, 0) is 11.3 Å². The third-order valence-electron chi connectivity index (χ3n) is 8.73. The molecule has 10 heteroatoms. The van der Waals surface area contributed by atoms with E-state index < -0.39 is 29.0 Å². The third-order valence-corrected chi connectivity index (χ3v) is 8.73. The molecule has 3 atom stereocenters. The van der Waals surface area contributed by atoms with Crippen molar-refractivity contribution in [2.75, 3.05) is 18.0 Å². The Hall–Kier alpha value is -4.31. The molecule has 2 aliphatic heterocycles. The Bertz CT molecular complexity index is 1630. The Balaban J connectivity index is 1.23. The van der Waals surface area contributed by atoms with E-state index >= 15 is 0 Å². The highest BCUT2D eigenvalue weighted by Gasteiger charge is 2.46. The van der Waals surface area contributed by atoms with Gasteiger partial charge < -0.3 is 15.3 Å². The number of likely N-dealkylation sites (tertiary alicyclic amines) is 1. The molecule has 1 amide bonds. The Morgan fingerprint density at radius 3 is 2.67 bits per heavy atom. The smallest absolute Gasteiger partial charge is 0.329 e. The summed E-state index contributed by atoms with van der Waals surface area (Å²) in [6.07, 6.45) is 5.16. The summed E-state index contributed by atoms with van der Waals surface area (Å²) in [4.78, 5) is 30.5. The van der Waals surface area contributed by atoms with Crippen molar-refractivity contribution in [2.45, 2.75) is 56.8 Å². The van der Waals surface area contributed by atoms with Crippen LogP contribution in [0.1, 0.15) is 60.1 Å². The van der Waals surface area contributed by atoms with Gasteiger partial charge in [0, 0.05) is 43.1 Å². The van der Waals surface area contributed by atoms with E-state index in [1.807, 2.05) is 48.2 Å². The standard InChI is InChI=1S/C32H33F2N5O3/c1-21-18-32(31(41)42,12-15-37(21)20-22-6-3-2-4-7-22)36-30(40)26-19-35-39-14-11-24(17-29(26)39)38-13-5-8-28(38)25-16-23(33)9-10-27(25)34/h2-4,6-7,9-11,14,16-17,19,21,28H,5,8,12-13,15,18,20H2,1H3,(H,36,40)(H,41,42)/t21-,28?,32?/m1/s1. The number of fused-ring (bicyclic) bond motifs is 1. The summed E-state index contributed by atoms with van der Waals surface area (Å²) < 4.78 is 30.2. The van der Waals surface area contributed by atoms with Gasteiger partial charge in [-0.25, -0.2) is 18.1 Å². The zero-order valence-electron chi connectivity index (χ0n) is 23.3. The molecule has 0 saturated carbocycles. The van der Waals surface area contributed by atoms with Crippen molar-refractivity contribution in [1.82, 2.24) is 19.8 Å². The molecule has 2 aliphatic rings. The molecule has 2 aromatic carbocycles. The summed E-state index contributed by atoms with van der Waals surface area (Å²) in [7, 11) is 0. The lowest BCUT2D eigenvalue weighted by Crippen LogP contribution is -2.62. The number of halogens is 2. The van der Waals surface area contributed by atoms with Crippen LogP contribution < -0.4 is 10.2 Å². The number of amides is 1. The Morgan fingerprint density at radius 2 is 1.90 bits per heavy atom. The van der Waals surface area contributed by atoms with Crippen molar-refractivity contribution < 1.29 is 23.5 Å². The molecule has 6 rings (SSSR count). The number of carbonyl (C=O) groups excluding carboxylic acids is 1. The molecular formula is C32H33F2N5O3. The van der Waals surface area contributed by atoms with Crippen LogP contribution >= 0.6 is 0 Å². The lowest BCUT2D eigenvalue weighted by atomic mass is 9.83. The number of anilines is 1.